The normalized spacial score (nSPS) is 12.5. The van der Waals surface area contributed by atoms with E-state index in [4.69, 9.17) is 14.3 Å². The molecule has 10 nitrogen and oxygen atoms in total. The number of benzene rings is 1. The minimum absolute atomic E-state index is 0.0245. The third-order valence-electron chi connectivity index (χ3n) is 5.67. The first-order valence-electron chi connectivity index (χ1n) is 11.7. The second-order valence-corrected chi connectivity index (χ2v) is 8.55. The zero-order valence-corrected chi connectivity index (χ0v) is 21.9. The van der Waals surface area contributed by atoms with Crippen LogP contribution in [-0.4, -0.2) is 60.1 Å². The Morgan fingerprint density at radius 1 is 1.22 bits per heavy atom. The Bertz CT molecular complexity index is 1200. The first-order chi connectivity index (χ1) is 17.0. The van der Waals surface area contributed by atoms with E-state index in [1.54, 1.807) is 34.7 Å². The number of hydrogen-bond donors (Lipinski definition) is 0. The number of likely N-dealkylation sites (N-methyl/N-ethyl adjacent to an activating group) is 1. The average molecular weight is 507 g/mol. The molecule has 1 aromatic carbocycles. The second-order valence-electron chi connectivity index (χ2n) is 8.55. The Balaban J connectivity index is 2.58. The maximum atomic E-state index is 14.0. The number of ether oxygens (including phenoxy) is 2. The summed E-state index contributed by atoms with van der Waals surface area (Å²) in [6, 6.07) is 4.03. The third kappa shape index (κ3) is 6.81. The minimum atomic E-state index is -0.763. The van der Waals surface area contributed by atoms with Crippen molar-refractivity contribution in [1.82, 2.24) is 14.0 Å². The van der Waals surface area contributed by atoms with Crippen LogP contribution in [0.1, 0.15) is 44.9 Å². The topological polar surface area (TPSA) is 104 Å². The maximum absolute atomic E-state index is 14.0. The van der Waals surface area contributed by atoms with E-state index in [2.05, 4.69) is 5.16 Å². The molecule has 0 radical (unpaired) electrons. The molecule has 0 saturated heterocycles. The van der Waals surface area contributed by atoms with Crippen LogP contribution in [0, 0.1) is 11.7 Å². The van der Waals surface area contributed by atoms with Crippen molar-refractivity contribution in [2.24, 2.45) is 11.1 Å². The predicted octanol–water partition coefficient (Wildman–Crippen LogP) is 2.42. The molecule has 198 valence electrons. The number of amides is 1. The summed E-state index contributed by atoms with van der Waals surface area (Å²) in [5.74, 6) is -0.415. The quantitative estimate of drug-likeness (QED) is 0.324. The van der Waals surface area contributed by atoms with Gasteiger partial charge < -0.3 is 19.2 Å². The molecule has 0 aliphatic rings. The van der Waals surface area contributed by atoms with Crippen LogP contribution in [0.25, 0.3) is 0 Å². The smallest absolute Gasteiger partial charge is 0.331 e. The molecule has 0 aliphatic carbocycles. The Kier molecular flexibility index (Phi) is 10.4. The highest BCUT2D eigenvalue weighted by Gasteiger charge is 2.22. The van der Waals surface area contributed by atoms with Crippen LogP contribution in [0.4, 0.5) is 4.39 Å². The molecule has 0 aliphatic heterocycles. The summed E-state index contributed by atoms with van der Waals surface area (Å²) >= 11 is 0. The van der Waals surface area contributed by atoms with Crippen LogP contribution < -0.4 is 16.0 Å². The lowest BCUT2D eigenvalue weighted by Gasteiger charge is -2.22. The van der Waals surface area contributed by atoms with Gasteiger partial charge in [-0.1, -0.05) is 19.0 Å². The van der Waals surface area contributed by atoms with Crippen LogP contribution in [0.2, 0.25) is 0 Å². The van der Waals surface area contributed by atoms with Gasteiger partial charge in [-0.15, -0.1) is 0 Å². The van der Waals surface area contributed by atoms with Crippen molar-refractivity contribution in [2.75, 3.05) is 34.4 Å². The van der Waals surface area contributed by atoms with E-state index < -0.39 is 23.2 Å². The number of aromatic nitrogens is 2. The summed E-state index contributed by atoms with van der Waals surface area (Å²) < 4.78 is 27.3. The predicted molar refractivity (Wildman–Crippen MR) is 134 cm³/mol. The van der Waals surface area contributed by atoms with Gasteiger partial charge in [-0.25, -0.2) is 9.18 Å². The lowest BCUT2D eigenvalue weighted by atomic mass is 10.1. The van der Waals surface area contributed by atoms with Crippen molar-refractivity contribution < 1.29 is 23.5 Å². The molecule has 2 rings (SSSR count). The highest BCUT2D eigenvalue weighted by molar-refractivity contribution is 5.97. The van der Waals surface area contributed by atoms with Crippen LogP contribution in [0.5, 0.6) is 5.75 Å². The van der Waals surface area contributed by atoms with Gasteiger partial charge in [0, 0.05) is 44.9 Å². The molecule has 11 heteroatoms. The Morgan fingerprint density at radius 2 is 1.92 bits per heavy atom. The van der Waals surface area contributed by atoms with Crippen molar-refractivity contribution in [1.29, 1.82) is 0 Å². The Labute approximate surface area is 209 Å². The van der Waals surface area contributed by atoms with E-state index in [1.807, 2.05) is 0 Å². The fraction of sp³-hybridized carbons (Fsp3) is 0.520. The molecule has 36 heavy (non-hydrogen) atoms. The highest BCUT2D eigenvalue weighted by atomic mass is 19.1. The number of rotatable bonds is 12. The fourth-order valence-electron chi connectivity index (χ4n) is 3.68. The first kappa shape index (κ1) is 28.8. The molecule has 1 atom stereocenters. The number of methoxy groups -OCH3 is 2. The van der Waals surface area contributed by atoms with E-state index in [9.17, 15) is 18.8 Å². The number of oxime groups is 1. The number of hydrogen-bond acceptors (Lipinski definition) is 7. The lowest BCUT2D eigenvalue weighted by molar-refractivity contribution is -0.133. The number of nitrogens with zero attached hydrogens (tertiary/aromatic N) is 4. The number of carbonyl (C=O) groups excluding carboxylic acids is 1. The molecule has 1 amide bonds. The van der Waals surface area contributed by atoms with Gasteiger partial charge in [0.05, 0.1) is 24.9 Å². The highest BCUT2D eigenvalue weighted by Crippen LogP contribution is 2.29. The number of carbonyl (C=O) groups is 1. The summed E-state index contributed by atoms with van der Waals surface area (Å²) in [6.07, 6.45) is 0.626. The first-order valence-corrected chi connectivity index (χ1v) is 11.7. The van der Waals surface area contributed by atoms with Crippen LogP contribution in [0.3, 0.4) is 0 Å². The Hall–Kier alpha value is -3.47. The standard InChI is InChI=1S/C25H35FN4O6/c1-8-36-27-17(4)20-14-29(15-22(35-7)19-13-18(26)9-10-21(19)34-6)25(33)30(24(20)32)12-11-28(5)23(31)16(2)3/h9-10,13-14,16,22H,8,11-12,15H2,1-7H3/b27-17+. The van der Waals surface area contributed by atoms with E-state index in [-0.39, 0.29) is 42.7 Å². The summed E-state index contributed by atoms with van der Waals surface area (Å²) in [6.45, 7) is 7.31. The molecule has 0 bridgehead atoms. The summed E-state index contributed by atoms with van der Waals surface area (Å²) in [4.78, 5) is 45.5. The molecule has 1 heterocycles. The maximum Gasteiger partial charge on any atom is 0.331 e. The van der Waals surface area contributed by atoms with Crippen molar-refractivity contribution in [3.8, 4) is 5.75 Å². The van der Waals surface area contributed by atoms with Gasteiger partial charge in [0.1, 0.15) is 24.3 Å². The van der Waals surface area contributed by atoms with E-state index >= 15 is 0 Å². The SMILES string of the molecule is CCO/N=C(\C)c1cn(CC(OC)c2cc(F)ccc2OC)c(=O)n(CCN(C)C(=O)C(C)C)c1=O. The molecular formula is C25H35FN4O6. The average Bonchev–Trinajstić information content (AvgIpc) is 2.85. The minimum Gasteiger partial charge on any atom is -0.496 e. The van der Waals surface area contributed by atoms with E-state index in [0.717, 1.165) is 4.57 Å². The molecular weight excluding hydrogens is 471 g/mol. The van der Waals surface area contributed by atoms with Gasteiger partial charge in [-0.2, -0.15) is 0 Å². The molecule has 0 N–H and O–H groups in total. The summed E-state index contributed by atoms with van der Waals surface area (Å²) in [5.41, 5.74) is -0.306. The van der Waals surface area contributed by atoms with Gasteiger partial charge >= 0.3 is 5.69 Å². The van der Waals surface area contributed by atoms with Crippen LogP contribution >= 0.6 is 0 Å². The monoisotopic (exact) mass is 506 g/mol. The molecule has 1 aromatic heterocycles. The summed E-state index contributed by atoms with van der Waals surface area (Å²) in [5, 5.41) is 3.95. The molecule has 1 unspecified atom stereocenters. The van der Waals surface area contributed by atoms with Gasteiger partial charge in [0.15, 0.2) is 0 Å². The van der Waals surface area contributed by atoms with Crippen molar-refractivity contribution in [2.45, 2.75) is 46.9 Å². The summed E-state index contributed by atoms with van der Waals surface area (Å²) in [7, 11) is 4.51. The van der Waals surface area contributed by atoms with Gasteiger partial charge in [-0.3, -0.25) is 18.7 Å². The Morgan fingerprint density at radius 3 is 2.50 bits per heavy atom. The molecule has 2 aromatic rings. The van der Waals surface area contributed by atoms with Crippen LogP contribution in [-0.2, 0) is 27.5 Å². The molecule has 0 saturated carbocycles. The third-order valence-corrected chi connectivity index (χ3v) is 5.67. The van der Waals surface area contributed by atoms with Crippen molar-refractivity contribution >= 4 is 11.6 Å². The van der Waals surface area contributed by atoms with E-state index in [1.165, 1.54) is 48.1 Å². The van der Waals surface area contributed by atoms with Gasteiger partial charge in [-0.05, 0) is 32.0 Å². The second kappa shape index (κ2) is 13.0. The number of halogens is 1. The van der Waals surface area contributed by atoms with Gasteiger partial charge in [0.2, 0.25) is 5.91 Å². The fourth-order valence-corrected chi connectivity index (χ4v) is 3.68. The van der Waals surface area contributed by atoms with Crippen molar-refractivity contribution in [3.63, 3.8) is 0 Å². The van der Waals surface area contributed by atoms with Crippen LogP contribution in [0.15, 0.2) is 39.1 Å². The lowest BCUT2D eigenvalue weighted by Crippen LogP contribution is -2.45. The zero-order chi connectivity index (χ0) is 27.0. The van der Waals surface area contributed by atoms with Gasteiger partial charge in [0.25, 0.3) is 5.56 Å². The van der Waals surface area contributed by atoms with E-state index in [0.29, 0.717) is 17.9 Å². The molecule has 0 fully saturated rings. The zero-order valence-electron chi connectivity index (χ0n) is 21.9. The largest absolute Gasteiger partial charge is 0.496 e. The van der Waals surface area contributed by atoms with Crippen molar-refractivity contribution in [3.05, 3.63) is 62.2 Å². The molecule has 0 spiro atoms.